The lowest BCUT2D eigenvalue weighted by Gasteiger charge is -2.09. The van der Waals surface area contributed by atoms with Crippen LogP contribution in [-0.4, -0.2) is 23.1 Å². The third-order valence-corrected chi connectivity index (χ3v) is 3.28. The molecule has 16 heavy (non-hydrogen) atoms. The largest absolute Gasteiger partial charge is 0.381 e. The van der Waals surface area contributed by atoms with Crippen LogP contribution in [0.1, 0.15) is 5.56 Å². The van der Waals surface area contributed by atoms with Crippen molar-refractivity contribution in [2.45, 2.75) is 11.8 Å². The molecule has 0 aliphatic heterocycles. The van der Waals surface area contributed by atoms with Crippen LogP contribution in [0.15, 0.2) is 23.1 Å². The van der Waals surface area contributed by atoms with E-state index in [-0.39, 0.29) is 10.6 Å². The molecule has 1 aromatic rings. The minimum Gasteiger partial charge on any atom is -0.381 e. The molecule has 0 spiro atoms. The quantitative estimate of drug-likeness (QED) is 0.773. The van der Waals surface area contributed by atoms with Crippen molar-refractivity contribution in [3.63, 3.8) is 0 Å². The minimum atomic E-state index is -4.03. The summed E-state index contributed by atoms with van der Waals surface area (Å²) in [6.45, 7) is 1.49. The number of aryl methyl sites for hydroxylation is 1. The third-order valence-electron chi connectivity index (χ3n) is 1.70. The molecule has 0 fully saturated rings. The molecule has 0 radical (unpaired) electrons. The van der Waals surface area contributed by atoms with Crippen molar-refractivity contribution >= 4 is 20.1 Å². The summed E-state index contributed by atoms with van der Waals surface area (Å²) in [5, 5.41) is 4.97. The van der Waals surface area contributed by atoms with Gasteiger partial charge in [0.05, 0.1) is 6.26 Å². The molecule has 0 saturated carbocycles. The van der Waals surface area contributed by atoms with Crippen molar-refractivity contribution in [1.29, 1.82) is 0 Å². The van der Waals surface area contributed by atoms with Crippen LogP contribution in [-0.2, 0) is 20.1 Å². The van der Waals surface area contributed by atoms with E-state index in [2.05, 4.69) is 4.18 Å². The lowest BCUT2D eigenvalue weighted by Crippen LogP contribution is -2.17. The third kappa shape index (κ3) is 3.19. The van der Waals surface area contributed by atoms with Gasteiger partial charge in [-0.15, -0.1) is 0 Å². The van der Waals surface area contributed by atoms with Gasteiger partial charge >= 0.3 is 10.1 Å². The molecule has 1 rings (SSSR count). The van der Waals surface area contributed by atoms with E-state index < -0.39 is 20.1 Å². The van der Waals surface area contributed by atoms with E-state index >= 15 is 0 Å². The van der Waals surface area contributed by atoms with E-state index in [1.165, 1.54) is 25.1 Å². The topological polar surface area (TPSA) is 104 Å². The van der Waals surface area contributed by atoms with Crippen LogP contribution in [0.25, 0.3) is 0 Å². The summed E-state index contributed by atoms with van der Waals surface area (Å²) in [5.74, 6) is -0.287. The van der Waals surface area contributed by atoms with Gasteiger partial charge in [-0.1, -0.05) is 12.1 Å². The van der Waals surface area contributed by atoms with Crippen molar-refractivity contribution in [3.05, 3.63) is 23.8 Å². The summed E-state index contributed by atoms with van der Waals surface area (Å²) in [6.07, 6.45) is 0.822. The molecule has 0 atom stereocenters. The number of benzene rings is 1. The highest BCUT2D eigenvalue weighted by Gasteiger charge is 2.20. The Balaban J connectivity index is 3.48. The Labute approximate surface area is 94.2 Å². The van der Waals surface area contributed by atoms with Gasteiger partial charge in [0.2, 0.25) is 10.0 Å². The van der Waals surface area contributed by atoms with E-state index in [0.29, 0.717) is 5.56 Å². The molecule has 0 amide bonds. The Bertz CT molecular complexity index is 603. The molecule has 0 aliphatic rings. The molecular weight excluding hydrogens is 254 g/mol. The molecule has 0 aliphatic carbocycles. The zero-order valence-corrected chi connectivity index (χ0v) is 10.3. The average Bonchev–Trinajstić information content (AvgIpc) is 1.97. The Kier molecular flexibility index (Phi) is 3.27. The molecule has 8 heteroatoms. The lowest BCUT2D eigenvalue weighted by molar-refractivity contribution is 0.484. The van der Waals surface area contributed by atoms with Gasteiger partial charge in [-0.05, 0) is 18.6 Å². The first-order chi connectivity index (χ1) is 7.11. The highest BCUT2D eigenvalue weighted by atomic mass is 32.2. The number of sulfonamides is 1. The maximum atomic E-state index is 11.3. The zero-order chi connectivity index (χ0) is 12.6. The highest BCUT2D eigenvalue weighted by molar-refractivity contribution is 7.89. The van der Waals surface area contributed by atoms with Crippen molar-refractivity contribution in [3.8, 4) is 5.75 Å². The van der Waals surface area contributed by atoms with Crippen molar-refractivity contribution in [2.24, 2.45) is 5.14 Å². The van der Waals surface area contributed by atoms with Crippen molar-refractivity contribution in [1.82, 2.24) is 0 Å². The Morgan fingerprint density at radius 3 is 2.19 bits per heavy atom. The maximum absolute atomic E-state index is 11.3. The maximum Gasteiger partial charge on any atom is 0.306 e. The summed E-state index contributed by atoms with van der Waals surface area (Å²) in [5.41, 5.74) is 0.323. The van der Waals surface area contributed by atoms with E-state index in [4.69, 9.17) is 5.14 Å². The van der Waals surface area contributed by atoms with Crippen LogP contribution in [0, 0.1) is 6.92 Å². The Morgan fingerprint density at radius 1 is 1.19 bits per heavy atom. The van der Waals surface area contributed by atoms with Gasteiger partial charge in [-0.3, -0.25) is 0 Å². The van der Waals surface area contributed by atoms with Gasteiger partial charge in [0.1, 0.15) is 4.90 Å². The summed E-state index contributed by atoms with van der Waals surface area (Å²) < 4.78 is 48.9. The van der Waals surface area contributed by atoms with Crippen LogP contribution < -0.4 is 9.32 Å². The first-order valence-corrected chi connectivity index (χ1v) is 7.49. The standard InChI is InChI=1S/C8H11NO5S2/c1-6-4-3-5-7(14-15(2,10)11)8(6)16(9,12)13/h3-5H,1-2H3,(H2,9,12,13). The van der Waals surface area contributed by atoms with Gasteiger partial charge in [0.15, 0.2) is 5.75 Å². The second-order valence-electron chi connectivity index (χ2n) is 3.23. The molecular formula is C8H11NO5S2. The number of rotatable bonds is 3. The number of hydrogen-bond acceptors (Lipinski definition) is 5. The smallest absolute Gasteiger partial charge is 0.306 e. The van der Waals surface area contributed by atoms with Gasteiger partial charge in [-0.2, -0.15) is 8.42 Å². The summed E-state index contributed by atoms with van der Waals surface area (Å²) in [6, 6.07) is 4.20. The number of nitrogens with two attached hydrogens (primary N) is 1. The van der Waals surface area contributed by atoms with Crippen LogP contribution in [0.3, 0.4) is 0 Å². The molecule has 6 nitrogen and oxygen atoms in total. The van der Waals surface area contributed by atoms with E-state index in [1.54, 1.807) is 0 Å². The fourth-order valence-corrected chi connectivity index (χ4v) is 2.64. The summed E-state index contributed by atoms with van der Waals surface area (Å²) in [7, 11) is -7.82. The predicted molar refractivity (Wildman–Crippen MR) is 58.0 cm³/mol. The van der Waals surface area contributed by atoms with Gasteiger partial charge in [0.25, 0.3) is 0 Å². The van der Waals surface area contributed by atoms with Crippen LogP contribution in [0.2, 0.25) is 0 Å². The number of hydrogen-bond donors (Lipinski definition) is 1. The van der Waals surface area contributed by atoms with E-state index in [0.717, 1.165) is 6.26 Å². The van der Waals surface area contributed by atoms with Crippen molar-refractivity contribution in [2.75, 3.05) is 6.26 Å². The average molecular weight is 265 g/mol. The molecule has 0 bridgehead atoms. The van der Waals surface area contributed by atoms with Crippen molar-refractivity contribution < 1.29 is 21.0 Å². The molecule has 2 N–H and O–H groups in total. The SMILES string of the molecule is Cc1cccc(OS(C)(=O)=O)c1S(N)(=O)=O. The lowest BCUT2D eigenvalue weighted by atomic mass is 10.2. The van der Waals surface area contributed by atoms with E-state index in [1.807, 2.05) is 0 Å². The fourth-order valence-electron chi connectivity index (χ4n) is 1.22. The van der Waals surface area contributed by atoms with Crippen LogP contribution >= 0.6 is 0 Å². The predicted octanol–water partition coefficient (Wildman–Crippen LogP) is -0.0192. The first kappa shape index (κ1) is 12.9. The summed E-state index contributed by atoms with van der Waals surface area (Å²) in [4.78, 5) is -0.319. The fraction of sp³-hybridized carbons (Fsp3) is 0.250. The Morgan fingerprint density at radius 2 is 1.75 bits per heavy atom. The Hall–Kier alpha value is -1.12. The van der Waals surface area contributed by atoms with Gasteiger partial charge < -0.3 is 4.18 Å². The molecule has 90 valence electrons. The molecule has 1 aromatic carbocycles. The minimum absolute atomic E-state index is 0.287. The number of primary sulfonamides is 1. The normalized spacial score (nSPS) is 12.4. The van der Waals surface area contributed by atoms with Gasteiger partial charge in [-0.25, -0.2) is 13.6 Å². The molecule has 0 heterocycles. The molecule has 0 unspecified atom stereocenters. The zero-order valence-electron chi connectivity index (χ0n) is 8.67. The second-order valence-corrected chi connectivity index (χ2v) is 6.31. The highest BCUT2D eigenvalue weighted by Crippen LogP contribution is 2.26. The second kappa shape index (κ2) is 4.04. The van der Waals surface area contributed by atoms with E-state index in [9.17, 15) is 16.8 Å². The van der Waals surface area contributed by atoms with Gasteiger partial charge in [0, 0.05) is 0 Å². The summed E-state index contributed by atoms with van der Waals surface area (Å²) >= 11 is 0. The van der Waals surface area contributed by atoms with Crippen LogP contribution in [0.4, 0.5) is 0 Å². The first-order valence-electron chi connectivity index (χ1n) is 4.13. The molecule has 0 saturated heterocycles. The molecule has 0 aromatic heterocycles. The monoisotopic (exact) mass is 265 g/mol. The van der Waals surface area contributed by atoms with Crippen LogP contribution in [0.5, 0.6) is 5.75 Å².